The van der Waals surface area contributed by atoms with Crippen molar-refractivity contribution in [2.75, 3.05) is 5.75 Å². The Bertz CT molecular complexity index is 264. The Hall–Kier alpha value is -0.0900. The van der Waals surface area contributed by atoms with Gasteiger partial charge in [0.1, 0.15) is 0 Å². The molecule has 0 heterocycles. The lowest BCUT2D eigenvalue weighted by Gasteiger charge is -2.33. The van der Waals surface area contributed by atoms with Crippen molar-refractivity contribution >= 4 is 9.84 Å². The van der Waals surface area contributed by atoms with Crippen LogP contribution < -0.4 is 5.73 Å². The van der Waals surface area contributed by atoms with E-state index in [-0.39, 0.29) is 17.2 Å². The van der Waals surface area contributed by atoms with Crippen LogP contribution in [0.4, 0.5) is 0 Å². The van der Waals surface area contributed by atoms with E-state index in [1.54, 1.807) is 6.92 Å². The topological polar surface area (TPSA) is 60.2 Å². The zero-order chi connectivity index (χ0) is 11.6. The molecule has 0 spiro atoms. The SMILES string of the molecule is CC[C@H]([C@H](N)C(C)(C)C)S(=O)(=O)CC. The van der Waals surface area contributed by atoms with Gasteiger partial charge in [0, 0.05) is 11.8 Å². The zero-order valence-corrected chi connectivity index (χ0v) is 10.7. The van der Waals surface area contributed by atoms with Crippen molar-refractivity contribution in [1.29, 1.82) is 0 Å². The molecule has 0 radical (unpaired) electrons. The van der Waals surface area contributed by atoms with Crippen molar-refractivity contribution in [3.8, 4) is 0 Å². The van der Waals surface area contributed by atoms with Gasteiger partial charge in [0.2, 0.25) is 0 Å². The maximum atomic E-state index is 11.7. The van der Waals surface area contributed by atoms with Crippen LogP contribution in [0.1, 0.15) is 41.0 Å². The monoisotopic (exact) mass is 221 g/mol. The van der Waals surface area contributed by atoms with E-state index in [4.69, 9.17) is 5.73 Å². The third-order valence-corrected chi connectivity index (χ3v) is 5.02. The molecule has 0 unspecified atom stereocenters. The van der Waals surface area contributed by atoms with Crippen LogP contribution in [0.15, 0.2) is 0 Å². The summed E-state index contributed by atoms with van der Waals surface area (Å²) in [5.74, 6) is 0.176. The van der Waals surface area contributed by atoms with Crippen molar-refractivity contribution in [3.63, 3.8) is 0 Å². The molecule has 14 heavy (non-hydrogen) atoms. The summed E-state index contributed by atoms with van der Waals surface area (Å²) >= 11 is 0. The second-order valence-corrected chi connectivity index (χ2v) is 7.30. The molecule has 0 rings (SSSR count). The number of sulfone groups is 1. The van der Waals surface area contributed by atoms with Gasteiger partial charge >= 0.3 is 0 Å². The van der Waals surface area contributed by atoms with Crippen molar-refractivity contribution in [2.24, 2.45) is 11.1 Å². The van der Waals surface area contributed by atoms with Crippen LogP contribution in [-0.2, 0) is 9.84 Å². The molecule has 4 heteroatoms. The van der Waals surface area contributed by atoms with Crippen LogP contribution in [0, 0.1) is 5.41 Å². The van der Waals surface area contributed by atoms with E-state index in [0.717, 1.165) is 0 Å². The van der Waals surface area contributed by atoms with Crippen molar-refractivity contribution in [3.05, 3.63) is 0 Å². The molecule has 0 amide bonds. The maximum absolute atomic E-state index is 11.7. The van der Waals surface area contributed by atoms with Gasteiger partial charge in [-0.05, 0) is 11.8 Å². The molecule has 3 nitrogen and oxygen atoms in total. The predicted molar refractivity (Wildman–Crippen MR) is 61.0 cm³/mol. The van der Waals surface area contributed by atoms with Crippen LogP contribution >= 0.6 is 0 Å². The highest BCUT2D eigenvalue weighted by Crippen LogP contribution is 2.25. The predicted octanol–water partition coefficient (Wildman–Crippen LogP) is 1.57. The molecule has 2 atom stereocenters. The summed E-state index contributed by atoms with van der Waals surface area (Å²) in [7, 11) is -3.02. The fraction of sp³-hybridized carbons (Fsp3) is 1.00. The third kappa shape index (κ3) is 3.24. The second kappa shape index (κ2) is 4.62. The molecule has 0 fully saturated rings. The number of hydrogen-bond donors (Lipinski definition) is 1. The normalized spacial score (nSPS) is 17.9. The Kier molecular flexibility index (Phi) is 4.59. The van der Waals surface area contributed by atoms with E-state index in [1.165, 1.54) is 0 Å². The molecule has 0 aliphatic rings. The summed E-state index contributed by atoms with van der Waals surface area (Å²) in [5.41, 5.74) is 5.82. The lowest BCUT2D eigenvalue weighted by molar-refractivity contribution is 0.304. The van der Waals surface area contributed by atoms with Gasteiger partial charge in [-0.3, -0.25) is 0 Å². The van der Waals surface area contributed by atoms with Crippen LogP contribution in [0.5, 0.6) is 0 Å². The molecule has 0 saturated carbocycles. The summed E-state index contributed by atoms with van der Waals surface area (Å²) in [4.78, 5) is 0. The fourth-order valence-electron chi connectivity index (χ4n) is 1.50. The summed E-state index contributed by atoms with van der Waals surface area (Å²) in [6.45, 7) is 9.49. The minimum absolute atomic E-state index is 0.164. The number of hydrogen-bond acceptors (Lipinski definition) is 3. The zero-order valence-electron chi connectivity index (χ0n) is 9.87. The molecular formula is C10H23NO2S. The van der Waals surface area contributed by atoms with Crippen LogP contribution in [-0.4, -0.2) is 25.5 Å². The first kappa shape index (κ1) is 13.9. The van der Waals surface area contributed by atoms with E-state index < -0.39 is 15.1 Å². The maximum Gasteiger partial charge on any atom is 0.154 e. The van der Waals surface area contributed by atoms with Crippen molar-refractivity contribution in [1.82, 2.24) is 0 Å². The minimum Gasteiger partial charge on any atom is -0.326 e. The Morgan fingerprint density at radius 2 is 1.64 bits per heavy atom. The quantitative estimate of drug-likeness (QED) is 0.784. The van der Waals surface area contributed by atoms with Crippen molar-refractivity contribution in [2.45, 2.75) is 52.3 Å². The van der Waals surface area contributed by atoms with Gasteiger partial charge in [-0.1, -0.05) is 34.6 Å². The Morgan fingerprint density at radius 3 is 1.86 bits per heavy atom. The molecule has 0 bridgehead atoms. The van der Waals surface area contributed by atoms with Gasteiger partial charge in [0.05, 0.1) is 5.25 Å². The first-order valence-corrected chi connectivity index (χ1v) is 6.85. The molecule has 86 valence electrons. The number of rotatable bonds is 4. The van der Waals surface area contributed by atoms with E-state index >= 15 is 0 Å². The van der Waals surface area contributed by atoms with E-state index in [9.17, 15) is 8.42 Å². The van der Waals surface area contributed by atoms with Crippen LogP contribution in [0.2, 0.25) is 0 Å². The Labute approximate surface area is 88.0 Å². The Balaban J connectivity index is 4.93. The molecule has 0 aromatic carbocycles. The molecule has 0 aromatic rings. The Morgan fingerprint density at radius 1 is 1.21 bits per heavy atom. The molecule has 0 aliphatic carbocycles. The fourth-order valence-corrected chi connectivity index (χ4v) is 3.29. The smallest absolute Gasteiger partial charge is 0.154 e. The molecular weight excluding hydrogens is 198 g/mol. The molecule has 2 N–H and O–H groups in total. The highest BCUT2D eigenvalue weighted by molar-refractivity contribution is 7.92. The van der Waals surface area contributed by atoms with Crippen LogP contribution in [0.3, 0.4) is 0 Å². The third-order valence-electron chi connectivity index (χ3n) is 2.67. The molecule has 0 aliphatic heterocycles. The first-order valence-electron chi connectivity index (χ1n) is 5.14. The largest absolute Gasteiger partial charge is 0.326 e. The van der Waals surface area contributed by atoms with Gasteiger partial charge in [-0.15, -0.1) is 0 Å². The lowest BCUT2D eigenvalue weighted by atomic mass is 9.84. The highest BCUT2D eigenvalue weighted by atomic mass is 32.2. The average molecular weight is 221 g/mol. The van der Waals surface area contributed by atoms with E-state index in [0.29, 0.717) is 6.42 Å². The summed E-state index contributed by atoms with van der Waals surface area (Å²) in [6.07, 6.45) is 0.592. The van der Waals surface area contributed by atoms with E-state index in [1.807, 2.05) is 27.7 Å². The summed E-state index contributed by atoms with van der Waals surface area (Å²) in [5, 5.41) is -0.410. The van der Waals surface area contributed by atoms with Gasteiger partial charge in [0.15, 0.2) is 9.84 Å². The van der Waals surface area contributed by atoms with Gasteiger partial charge < -0.3 is 5.73 Å². The highest BCUT2D eigenvalue weighted by Gasteiger charge is 2.35. The second-order valence-electron chi connectivity index (χ2n) is 4.79. The first-order chi connectivity index (χ1) is 6.16. The van der Waals surface area contributed by atoms with E-state index in [2.05, 4.69) is 0 Å². The summed E-state index contributed by atoms with van der Waals surface area (Å²) in [6, 6.07) is -0.294. The number of nitrogens with two attached hydrogens (primary N) is 1. The molecule has 0 saturated heterocycles. The molecule has 0 aromatic heterocycles. The lowest BCUT2D eigenvalue weighted by Crippen LogP contribution is -2.49. The van der Waals surface area contributed by atoms with Gasteiger partial charge in [0.25, 0.3) is 0 Å². The van der Waals surface area contributed by atoms with Crippen LogP contribution in [0.25, 0.3) is 0 Å². The standard InChI is InChI=1S/C10H23NO2S/c1-6-8(14(12,13)7-2)9(11)10(3,4)5/h8-9H,6-7,11H2,1-5H3/t8-,9+/m1/s1. The van der Waals surface area contributed by atoms with Gasteiger partial charge in [-0.25, -0.2) is 8.42 Å². The summed E-state index contributed by atoms with van der Waals surface area (Å²) < 4.78 is 23.5. The average Bonchev–Trinajstić information content (AvgIpc) is 2.03. The van der Waals surface area contributed by atoms with Gasteiger partial charge in [-0.2, -0.15) is 0 Å². The van der Waals surface area contributed by atoms with Crippen molar-refractivity contribution < 1.29 is 8.42 Å². The minimum atomic E-state index is -3.02.